The molecule has 32 heavy (non-hydrogen) atoms. The predicted octanol–water partition coefficient (Wildman–Crippen LogP) is 3.70. The van der Waals surface area contributed by atoms with Crippen molar-refractivity contribution in [3.8, 4) is 5.75 Å². The zero-order valence-electron chi connectivity index (χ0n) is 19.3. The smallest absolute Gasteiger partial charge is 0.323 e. The van der Waals surface area contributed by atoms with Gasteiger partial charge in [0.2, 0.25) is 0 Å². The Balaban J connectivity index is 1.60. The highest BCUT2D eigenvalue weighted by Gasteiger charge is 2.28. The zero-order chi connectivity index (χ0) is 23.1. The predicted molar refractivity (Wildman–Crippen MR) is 126 cm³/mol. The average molecular weight is 440 g/mol. The van der Waals surface area contributed by atoms with Crippen molar-refractivity contribution in [3.63, 3.8) is 0 Å². The third-order valence-corrected chi connectivity index (χ3v) is 5.85. The highest BCUT2D eigenvalue weighted by atomic mass is 16.5. The van der Waals surface area contributed by atoms with Gasteiger partial charge in [-0.2, -0.15) is 0 Å². The first-order chi connectivity index (χ1) is 15.4. The average Bonchev–Trinajstić information content (AvgIpc) is 2.82. The normalized spacial score (nSPS) is 15.3. The Bertz CT molecular complexity index is 923. The van der Waals surface area contributed by atoms with E-state index in [0.717, 1.165) is 37.3 Å². The van der Waals surface area contributed by atoms with Gasteiger partial charge >= 0.3 is 5.97 Å². The molecule has 2 aromatic carbocycles. The van der Waals surface area contributed by atoms with Crippen molar-refractivity contribution in [2.75, 3.05) is 37.5 Å². The summed E-state index contributed by atoms with van der Waals surface area (Å²) in [7, 11) is 2.99. The number of amides is 1. The number of esters is 1. The van der Waals surface area contributed by atoms with Crippen LogP contribution in [0.2, 0.25) is 0 Å². The number of anilines is 2. The van der Waals surface area contributed by atoms with E-state index in [2.05, 4.69) is 21.6 Å². The number of para-hydroxylation sites is 1. The first kappa shape index (κ1) is 23.6. The Morgan fingerprint density at radius 3 is 2.41 bits per heavy atom. The van der Waals surface area contributed by atoms with Gasteiger partial charge in [-0.3, -0.25) is 9.59 Å². The fourth-order valence-electron chi connectivity index (χ4n) is 4.03. The number of hydrogen-bond acceptors (Lipinski definition) is 6. The van der Waals surface area contributed by atoms with Crippen LogP contribution in [0.1, 0.15) is 37.0 Å². The SMILES string of the molecule is COC(=O)[C@@H](NC1CCN(c2cccc(NC(=O)c3ccccc3OC)c2)CC1)C(C)C. The molecular weight excluding hydrogens is 406 g/mol. The number of carbonyl (C=O) groups is 2. The first-order valence-corrected chi connectivity index (χ1v) is 11.1. The summed E-state index contributed by atoms with van der Waals surface area (Å²) >= 11 is 0. The summed E-state index contributed by atoms with van der Waals surface area (Å²) in [4.78, 5) is 27.1. The Labute approximate surface area is 190 Å². The molecule has 0 saturated carbocycles. The number of nitrogens with one attached hydrogen (secondary N) is 2. The summed E-state index contributed by atoms with van der Waals surface area (Å²) in [5.74, 6) is 0.303. The molecule has 7 nitrogen and oxygen atoms in total. The van der Waals surface area contributed by atoms with Crippen LogP contribution in [0.25, 0.3) is 0 Å². The van der Waals surface area contributed by atoms with E-state index in [9.17, 15) is 9.59 Å². The van der Waals surface area contributed by atoms with Gasteiger partial charge in [-0.25, -0.2) is 0 Å². The maximum Gasteiger partial charge on any atom is 0.323 e. The van der Waals surface area contributed by atoms with Crippen LogP contribution in [0.15, 0.2) is 48.5 Å². The van der Waals surface area contributed by atoms with Crippen molar-refractivity contribution in [1.29, 1.82) is 0 Å². The lowest BCUT2D eigenvalue weighted by Crippen LogP contribution is -2.51. The molecule has 1 saturated heterocycles. The number of hydrogen-bond donors (Lipinski definition) is 2. The van der Waals surface area contributed by atoms with E-state index < -0.39 is 0 Å². The van der Waals surface area contributed by atoms with Crippen LogP contribution >= 0.6 is 0 Å². The zero-order valence-corrected chi connectivity index (χ0v) is 19.3. The van der Waals surface area contributed by atoms with Crippen molar-refractivity contribution in [2.24, 2.45) is 5.92 Å². The molecule has 0 radical (unpaired) electrons. The largest absolute Gasteiger partial charge is 0.496 e. The molecule has 0 aliphatic carbocycles. The van der Waals surface area contributed by atoms with E-state index >= 15 is 0 Å². The van der Waals surface area contributed by atoms with E-state index in [0.29, 0.717) is 11.3 Å². The Morgan fingerprint density at radius 2 is 1.75 bits per heavy atom. The fraction of sp³-hybridized carbons (Fsp3) is 0.440. The summed E-state index contributed by atoms with van der Waals surface area (Å²) < 4.78 is 10.2. The number of nitrogens with zero attached hydrogens (tertiary/aromatic N) is 1. The molecule has 172 valence electrons. The van der Waals surface area contributed by atoms with Gasteiger partial charge in [0, 0.05) is 30.5 Å². The van der Waals surface area contributed by atoms with Crippen LogP contribution in [-0.4, -0.2) is 51.3 Å². The van der Waals surface area contributed by atoms with E-state index in [1.54, 1.807) is 19.2 Å². The molecule has 0 spiro atoms. The summed E-state index contributed by atoms with van der Waals surface area (Å²) in [5.41, 5.74) is 2.30. The molecule has 0 bridgehead atoms. The molecule has 1 fully saturated rings. The monoisotopic (exact) mass is 439 g/mol. The molecular formula is C25H33N3O4. The molecule has 2 aromatic rings. The molecule has 3 rings (SSSR count). The molecule has 2 N–H and O–H groups in total. The fourth-order valence-corrected chi connectivity index (χ4v) is 4.03. The van der Waals surface area contributed by atoms with Gasteiger partial charge < -0.3 is 25.0 Å². The third kappa shape index (κ3) is 5.79. The van der Waals surface area contributed by atoms with E-state index in [1.165, 1.54) is 7.11 Å². The Hall–Kier alpha value is -3.06. The van der Waals surface area contributed by atoms with Crippen LogP contribution in [0, 0.1) is 5.92 Å². The summed E-state index contributed by atoms with van der Waals surface area (Å²) in [5, 5.41) is 6.44. The lowest BCUT2D eigenvalue weighted by molar-refractivity contribution is -0.144. The number of methoxy groups -OCH3 is 2. The van der Waals surface area contributed by atoms with E-state index in [-0.39, 0.29) is 29.9 Å². The van der Waals surface area contributed by atoms with Crippen LogP contribution < -0.4 is 20.3 Å². The Morgan fingerprint density at radius 1 is 1.03 bits per heavy atom. The molecule has 1 heterocycles. The van der Waals surface area contributed by atoms with Gasteiger partial charge in [0.05, 0.1) is 19.8 Å². The second kappa shape index (κ2) is 11.0. The molecule has 0 unspecified atom stereocenters. The van der Waals surface area contributed by atoms with Crippen LogP contribution in [0.4, 0.5) is 11.4 Å². The number of carbonyl (C=O) groups excluding carboxylic acids is 2. The third-order valence-electron chi connectivity index (χ3n) is 5.85. The molecule has 1 aliphatic rings. The lowest BCUT2D eigenvalue weighted by Gasteiger charge is -2.36. The van der Waals surface area contributed by atoms with Gasteiger partial charge in [0.15, 0.2) is 0 Å². The van der Waals surface area contributed by atoms with Gasteiger partial charge in [-0.1, -0.05) is 32.0 Å². The Kier molecular flexibility index (Phi) is 8.11. The molecule has 1 aliphatic heterocycles. The van der Waals surface area contributed by atoms with Gasteiger partial charge in [0.1, 0.15) is 11.8 Å². The number of rotatable bonds is 8. The second-order valence-corrected chi connectivity index (χ2v) is 8.38. The van der Waals surface area contributed by atoms with Gasteiger partial charge in [-0.05, 0) is 49.1 Å². The van der Waals surface area contributed by atoms with Crippen LogP contribution in [0.3, 0.4) is 0 Å². The number of benzene rings is 2. The second-order valence-electron chi connectivity index (χ2n) is 8.38. The quantitative estimate of drug-likeness (QED) is 0.611. The minimum Gasteiger partial charge on any atom is -0.496 e. The minimum absolute atomic E-state index is 0.170. The van der Waals surface area contributed by atoms with Crippen molar-refractivity contribution >= 4 is 23.3 Å². The number of piperidine rings is 1. The van der Waals surface area contributed by atoms with Crippen LogP contribution in [0.5, 0.6) is 5.75 Å². The van der Waals surface area contributed by atoms with Crippen molar-refractivity contribution in [2.45, 2.75) is 38.8 Å². The standard InChI is InChI=1S/C25H33N3O4/c1-17(2)23(25(30)32-4)26-18-12-14-28(15-13-18)20-9-7-8-19(16-20)27-24(29)21-10-5-6-11-22(21)31-3/h5-11,16-18,23,26H,12-15H2,1-4H3,(H,27,29)/t23-/m0/s1. The minimum atomic E-state index is -0.287. The molecule has 1 atom stereocenters. The van der Waals surface area contributed by atoms with E-state index in [4.69, 9.17) is 9.47 Å². The van der Waals surface area contributed by atoms with Crippen LogP contribution in [-0.2, 0) is 9.53 Å². The molecule has 7 heteroatoms. The van der Waals surface area contributed by atoms with Crippen molar-refractivity contribution < 1.29 is 19.1 Å². The van der Waals surface area contributed by atoms with E-state index in [1.807, 2.05) is 44.2 Å². The summed E-state index contributed by atoms with van der Waals surface area (Å²) in [6, 6.07) is 15.0. The molecule has 1 amide bonds. The van der Waals surface area contributed by atoms with Gasteiger partial charge in [-0.15, -0.1) is 0 Å². The molecule has 0 aromatic heterocycles. The van der Waals surface area contributed by atoms with Gasteiger partial charge in [0.25, 0.3) is 5.91 Å². The van der Waals surface area contributed by atoms with Crippen molar-refractivity contribution in [3.05, 3.63) is 54.1 Å². The highest BCUT2D eigenvalue weighted by Crippen LogP contribution is 2.25. The maximum atomic E-state index is 12.7. The number of ether oxygens (including phenoxy) is 2. The summed E-state index contributed by atoms with van der Waals surface area (Å²) in [6.07, 6.45) is 1.86. The lowest BCUT2D eigenvalue weighted by atomic mass is 9.99. The van der Waals surface area contributed by atoms with Crippen molar-refractivity contribution in [1.82, 2.24) is 5.32 Å². The maximum absolute atomic E-state index is 12.7. The summed E-state index contributed by atoms with van der Waals surface area (Å²) in [6.45, 7) is 5.78. The first-order valence-electron chi connectivity index (χ1n) is 11.1. The topological polar surface area (TPSA) is 79.9 Å². The highest BCUT2D eigenvalue weighted by molar-refractivity contribution is 6.06.